The number of ether oxygens (including phenoxy) is 3. The van der Waals surface area contributed by atoms with Gasteiger partial charge in [0, 0.05) is 6.04 Å². The highest BCUT2D eigenvalue weighted by Crippen LogP contribution is 2.33. The molecule has 0 aliphatic carbocycles. The van der Waals surface area contributed by atoms with Crippen molar-refractivity contribution < 1.29 is 27.8 Å². The number of carbonyl (C=O) groups is 1. The first-order chi connectivity index (χ1) is 15.0. The van der Waals surface area contributed by atoms with E-state index in [0.29, 0.717) is 30.1 Å². The van der Waals surface area contributed by atoms with Gasteiger partial charge in [0.25, 0.3) is 5.91 Å². The maximum absolute atomic E-state index is 14.1. The molecule has 160 valence electrons. The summed E-state index contributed by atoms with van der Waals surface area (Å²) in [5.41, 5.74) is 1.26. The molecule has 4 rings (SSSR count). The van der Waals surface area contributed by atoms with Crippen LogP contribution in [-0.2, 0) is 12.8 Å². The summed E-state index contributed by atoms with van der Waals surface area (Å²) in [7, 11) is 1.58. The largest absolute Gasteiger partial charge is 0.497 e. The van der Waals surface area contributed by atoms with Gasteiger partial charge in [-0.15, -0.1) is 0 Å². The van der Waals surface area contributed by atoms with Crippen molar-refractivity contribution in [2.75, 3.05) is 13.9 Å². The molecule has 7 heteroatoms. The second-order valence-electron chi connectivity index (χ2n) is 7.21. The molecule has 1 N–H and O–H groups in total. The Labute approximate surface area is 178 Å². The van der Waals surface area contributed by atoms with Gasteiger partial charge in [-0.05, 0) is 60.4 Å². The maximum atomic E-state index is 14.1. The fourth-order valence-corrected chi connectivity index (χ4v) is 3.55. The van der Waals surface area contributed by atoms with E-state index < -0.39 is 29.1 Å². The van der Waals surface area contributed by atoms with Crippen molar-refractivity contribution in [3.8, 4) is 17.2 Å². The molecule has 0 fully saturated rings. The zero-order valence-corrected chi connectivity index (χ0v) is 16.9. The smallest absolute Gasteiger partial charge is 0.257 e. The van der Waals surface area contributed by atoms with Crippen LogP contribution in [0.25, 0.3) is 0 Å². The van der Waals surface area contributed by atoms with Crippen molar-refractivity contribution >= 4 is 5.91 Å². The van der Waals surface area contributed by atoms with E-state index in [1.54, 1.807) is 13.2 Å². The minimum atomic E-state index is -0.899. The van der Waals surface area contributed by atoms with E-state index in [-0.39, 0.29) is 6.79 Å². The van der Waals surface area contributed by atoms with Crippen LogP contribution in [0.3, 0.4) is 0 Å². The van der Waals surface area contributed by atoms with Gasteiger partial charge in [-0.25, -0.2) is 8.78 Å². The highest BCUT2D eigenvalue weighted by molar-refractivity contribution is 5.95. The van der Waals surface area contributed by atoms with Crippen LogP contribution < -0.4 is 19.5 Å². The van der Waals surface area contributed by atoms with Crippen molar-refractivity contribution in [3.63, 3.8) is 0 Å². The van der Waals surface area contributed by atoms with Crippen LogP contribution in [0.4, 0.5) is 8.78 Å². The number of hydrogen-bond acceptors (Lipinski definition) is 4. The molecule has 0 spiro atoms. The summed E-state index contributed by atoms with van der Waals surface area (Å²) in [6, 6.07) is 15.9. The van der Waals surface area contributed by atoms with Crippen LogP contribution in [0.15, 0.2) is 60.7 Å². The molecule has 1 aliphatic heterocycles. The fraction of sp³-hybridized carbons (Fsp3) is 0.208. The summed E-state index contributed by atoms with van der Waals surface area (Å²) in [6.07, 6.45) is 0.894. The Morgan fingerprint density at radius 2 is 1.61 bits per heavy atom. The monoisotopic (exact) mass is 425 g/mol. The fourth-order valence-electron chi connectivity index (χ4n) is 3.55. The number of halogens is 2. The van der Waals surface area contributed by atoms with Gasteiger partial charge in [0.05, 0.1) is 7.11 Å². The number of nitrogens with one attached hydrogen (secondary N) is 1. The standard InChI is InChI=1S/C24H21F2NO4/c1-29-18-8-5-15(6-9-18)11-17(12-16-7-10-21-22(13-16)31-14-30-21)27-24(28)23-19(25)3-2-4-20(23)26/h2-10,13,17H,11-12,14H2,1H3,(H,27,28)/t17-/m0/s1. The Balaban J connectivity index is 1.57. The predicted octanol–water partition coefficient (Wildman–Crippen LogP) is 4.29. The molecule has 0 saturated carbocycles. The molecule has 0 aromatic heterocycles. The van der Waals surface area contributed by atoms with E-state index in [1.807, 2.05) is 36.4 Å². The van der Waals surface area contributed by atoms with Gasteiger partial charge < -0.3 is 19.5 Å². The normalized spacial score (nSPS) is 13.0. The number of rotatable bonds is 7. The molecule has 3 aromatic carbocycles. The summed E-state index contributed by atoms with van der Waals surface area (Å²) in [4.78, 5) is 12.7. The van der Waals surface area contributed by atoms with Crippen LogP contribution in [0.1, 0.15) is 21.5 Å². The lowest BCUT2D eigenvalue weighted by Gasteiger charge is -2.20. The van der Waals surface area contributed by atoms with E-state index in [2.05, 4.69) is 5.32 Å². The van der Waals surface area contributed by atoms with E-state index in [9.17, 15) is 13.6 Å². The number of benzene rings is 3. The first kappa shape index (κ1) is 20.7. The van der Waals surface area contributed by atoms with Crippen molar-refractivity contribution in [2.45, 2.75) is 18.9 Å². The third kappa shape index (κ3) is 4.77. The molecule has 1 aliphatic rings. The summed E-state index contributed by atoms with van der Waals surface area (Å²) in [5, 5.41) is 2.79. The van der Waals surface area contributed by atoms with Gasteiger partial charge in [0.2, 0.25) is 6.79 Å². The third-order valence-corrected chi connectivity index (χ3v) is 5.09. The first-order valence-corrected chi connectivity index (χ1v) is 9.80. The van der Waals surface area contributed by atoms with Crippen LogP contribution in [0, 0.1) is 11.6 Å². The van der Waals surface area contributed by atoms with Crippen LogP contribution in [0.2, 0.25) is 0 Å². The van der Waals surface area contributed by atoms with E-state index >= 15 is 0 Å². The van der Waals surface area contributed by atoms with E-state index in [0.717, 1.165) is 23.3 Å². The lowest BCUT2D eigenvalue weighted by Crippen LogP contribution is -2.39. The molecule has 0 unspecified atom stereocenters. The topological polar surface area (TPSA) is 56.8 Å². The summed E-state index contributed by atoms with van der Waals surface area (Å²) in [5.74, 6) is -0.587. The second-order valence-corrected chi connectivity index (χ2v) is 7.21. The zero-order valence-electron chi connectivity index (χ0n) is 16.9. The maximum Gasteiger partial charge on any atom is 0.257 e. The Hall–Kier alpha value is -3.61. The van der Waals surface area contributed by atoms with Crippen LogP contribution >= 0.6 is 0 Å². The number of amides is 1. The Morgan fingerprint density at radius 3 is 2.32 bits per heavy atom. The molecule has 0 radical (unpaired) electrons. The van der Waals surface area contributed by atoms with Crippen molar-refractivity contribution in [1.29, 1.82) is 0 Å². The van der Waals surface area contributed by atoms with Gasteiger partial charge in [0.1, 0.15) is 22.9 Å². The highest BCUT2D eigenvalue weighted by atomic mass is 19.1. The van der Waals surface area contributed by atoms with Crippen LogP contribution in [-0.4, -0.2) is 25.9 Å². The van der Waals surface area contributed by atoms with Gasteiger partial charge in [-0.3, -0.25) is 4.79 Å². The van der Waals surface area contributed by atoms with E-state index in [1.165, 1.54) is 6.07 Å². The van der Waals surface area contributed by atoms with Crippen molar-refractivity contribution in [1.82, 2.24) is 5.32 Å². The summed E-state index contributed by atoms with van der Waals surface area (Å²) in [6.45, 7) is 0.164. The molecule has 1 amide bonds. The van der Waals surface area contributed by atoms with Crippen LogP contribution in [0.5, 0.6) is 17.2 Å². The predicted molar refractivity (Wildman–Crippen MR) is 111 cm³/mol. The number of carbonyl (C=O) groups excluding carboxylic acids is 1. The molecule has 3 aromatic rings. The van der Waals surface area contributed by atoms with E-state index in [4.69, 9.17) is 14.2 Å². The quantitative estimate of drug-likeness (QED) is 0.614. The van der Waals surface area contributed by atoms with Crippen molar-refractivity contribution in [2.24, 2.45) is 0 Å². The molecule has 1 atom stereocenters. The van der Waals surface area contributed by atoms with Gasteiger partial charge in [-0.1, -0.05) is 24.3 Å². The minimum Gasteiger partial charge on any atom is -0.497 e. The minimum absolute atomic E-state index is 0.164. The van der Waals surface area contributed by atoms with Gasteiger partial charge in [0.15, 0.2) is 11.5 Å². The lowest BCUT2D eigenvalue weighted by atomic mass is 9.98. The molecule has 1 heterocycles. The SMILES string of the molecule is COc1ccc(C[C@@H](Cc2ccc3c(c2)OCO3)NC(=O)c2c(F)cccc2F)cc1. The third-order valence-electron chi connectivity index (χ3n) is 5.09. The molecule has 31 heavy (non-hydrogen) atoms. The van der Waals surface area contributed by atoms with Crippen molar-refractivity contribution in [3.05, 3.63) is 89.0 Å². The molecule has 0 saturated heterocycles. The molecule has 0 bridgehead atoms. The van der Waals surface area contributed by atoms with Gasteiger partial charge in [-0.2, -0.15) is 0 Å². The number of methoxy groups -OCH3 is 1. The number of fused-ring (bicyclic) bond motifs is 1. The molecular weight excluding hydrogens is 404 g/mol. The number of hydrogen-bond donors (Lipinski definition) is 1. The van der Waals surface area contributed by atoms with Gasteiger partial charge >= 0.3 is 0 Å². The zero-order chi connectivity index (χ0) is 21.8. The highest BCUT2D eigenvalue weighted by Gasteiger charge is 2.22. The Morgan fingerprint density at radius 1 is 0.968 bits per heavy atom. The average molecular weight is 425 g/mol. The summed E-state index contributed by atoms with van der Waals surface area (Å²) < 4.78 is 44.1. The average Bonchev–Trinajstić information content (AvgIpc) is 3.22. The Bertz CT molecular complexity index is 1070. The second kappa shape index (κ2) is 9.04. The first-order valence-electron chi connectivity index (χ1n) is 9.80. The summed E-state index contributed by atoms with van der Waals surface area (Å²) >= 11 is 0. The lowest BCUT2D eigenvalue weighted by molar-refractivity contribution is 0.0928. The molecular formula is C24H21F2NO4. The Kier molecular flexibility index (Phi) is 6.02. The molecule has 5 nitrogen and oxygen atoms in total.